The van der Waals surface area contributed by atoms with Crippen molar-refractivity contribution < 1.29 is 9.53 Å². The maximum atomic E-state index is 12.2. The second-order valence-electron chi connectivity index (χ2n) is 5.76. The molecule has 0 heterocycles. The van der Waals surface area contributed by atoms with Crippen LogP contribution in [0.3, 0.4) is 0 Å². The number of amides is 1. The molecule has 1 aliphatic carbocycles. The van der Waals surface area contributed by atoms with Crippen molar-refractivity contribution >= 4 is 5.91 Å². The van der Waals surface area contributed by atoms with Gasteiger partial charge in [0.2, 0.25) is 0 Å². The normalized spacial score (nSPS) is 16.5. The number of carbonyl (C=O) groups excluding carboxylic acids is 1. The first-order chi connectivity index (χ1) is 9.66. The molecule has 1 aromatic carbocycles. The first-order valence-electron chi connectivity index (χ1n) is 7.62. The summed E-state index contributed by atoms with van der Waals surface area (Å²) in [6.45, 7) is 2.16. The molecule has 110 valence electrons. The second-order valence-corrected chi connectivity index (χ2v) is 5.76. The maximum absolute atomic E-state index is 12.2. The van der Waals surface area contributed by atoms with E-state index in [1.807, 2.05) is 43.1 Å². The highest BCUT2D eigenvalue weighted by Crippen LogP contribution is 2.21. The first kappa shape index (κ1) is 14.9. The van der Waals surface area contributed by atoms with Gasteiger partial charge in [0.1, 0.15) is 5.75 Å². The third-order valence-electron chi connectivity index (χ3n) is 4.12. The molecule has 2 rings (SSSR count). The number of benzene rings is 1. The molecule has 3 heteroatoms. The largest absolute Gasteiger partial charge is 0.484 e. The molecule has 0 unspecified atom stereocenters. The lowest BCUT2D eigenvalue weighted by Gasteiger charge is -2.27. The van der Waals surface area contributed by atoms with Gasteiger partial charge in [-0.3, -0.25) is 4.79 Å². The van der Waals surface area contributed by atoms with E-state index in [0.717, 1.165) is 24.2 Å². The predicted molar refractivity (Wildman–Crippen MR) is 80.9 cm³/mol. The number of aryl methyl sites for hydroxylation is 1. The molecule has 0 bridgehead atoms. The minimum absolute atomic E-state index is 0.0819. The summed E-state index contributed by atoms with van der Waals surface area (Å²) in [5.41, 5.74) is 1.15. The Kier molecular flexibility index (Phi) is 5.45. The lowest BCUT2D eigenvalue weighted by Crippen LogP contribution is -2.39. The Hall–Kier alpha value is -1.51. The van der Waals surface area contributed by atoms with E-state index in [9.17, 15) is 4.79 Å². The smallest absolute Gasteiger partial charge is 0.260 e. The van der Waals surface area contributed by atoms with Crippen molar-refractivity contribution in [3.63, 3.8) is 0 Å². The van der Waals surface area contributed by atoms with Crippen LogP contribution in [0, 0.1) is 6.92 Å². The molecule has 0 aliphatic heterocycles. The SMILES string of the molecule is Cc1cccc(OCC(=O)N(C)C2CCCCCC2)c1. The van der Waals surface area contributed by atoms with E-state index in [4.69, 9.17) is 4.74 Å². The first-order valence-corrected chi connectivity index (χ1v) is 7.62. The minimum atomic E-state index is 0.0819. The van der Waals surface area contributed by atoms with Gasteiger partial charge < -0.3 is 9.64 Å². The van der Waals surface area contributed by atoms with Crippen LogP contribution in [0.1, 0.15) is 44.1 Å². The van der Waals surface area contributed by atoms with E-state index in [-0.39, 0.29) is 12.5 Å². The summed E-state index contributed by atoms with van der Waals surface area (Å²) in [6.07, 6.45) is 7.35. The number of carbonyl (C=O) groups is 1. The molecule has 1 aliphatic rings. The highest BCUT2D eigenvalue weighted by Gasteiger charge is 2.21. The number of likely N-dealkylation sites (N-methyl/N-ethyl adjacent to an activating group) is 1. The highest BCUT2D eigenvalue weighted by molar-refractivity contribution is 5.77. The Morgan fingerprint density at radius 3 is 2.60 bits per heavy atom. The van der Waals surface area contributed by atoms with Gasteiger partial charge in [-0.25, -0.2) is 0 Å². The van der Waals surface area contributed by atoms with Gasteiger partial charge in [0.05, 0.1) is 0 Å². The molecule has 1 amide bonds. The summed E-state index contributed by atoms with van der Waals surface area (Å²) in [6, 6.07) is 8.22. The zero-order chi connectivity index (χ0) is 14.4. The number of nitrogens with zero attached hydrogens (tertiary/aromatic N) is 1. The Bertz CT molecular complexity index is 436. The molecular formula is C17H25NO2. The number of hydrogen-bond acceptors (Lipinski definition) is 2. The van der Waals surface area contributed by atoms with E-state index in [2.05, 4.69) is 0 Å². The number of rotatable bonds is 4. The molecule has 0 atom stereocenters. The predicted octanol–water partition coefficient (Wildman–Crippen LogP) is 3.56. The average molecular weight is 275 g/mol. The van der Waals surface area contributed by atoms with Crippen LogP contribution >= 0.6 is 0 Å². The van der Waals surface area contributed by atoms with E-state index in [1.165, 1.54) is 25.7 Å². The van der Waals surface area contributed by atoms with Gasteiger partial charge in [0, 0.05) is 13.1 Å². The molecule has 0 saturated heterocycles. The van der Waals surface area contributed by atoms with Crippen molar-refractivity contribution in [2.45, 2.75) is 51.5 Å². The summed E-state index contributed by atoms with van der Waals surface area (Å²) >= 11 is 0. The Labute approximate surface area is 121 Å². The van der Waals surface area contributed by atoms with Gasteiger partial charge in [-0.1, -0.05) is 37.8 Å². The van der Waals surface area contributed by atoms with Crippen LogP contribution in [0.15, 0.2) is 24.3 Å². The van der Waals surface area contributed by atoms with Crippen molar-refractivity contribution in [1.29, 1.82) is 0 Å². The van der Waals surface area contributed by atoms with Crippen molar-refractivity contribution in [3.8, 4) is 5.75 Å². The van der Waals surface area contributed by atoms with Crippen LogP contribution in [0.4, 0.5) is 0 Å². The number of hydrogen-bond donors (Lipinski definition) is 0. The number of ether oxygens (including phenoxy) is 1. The molecule has 20 heavy (non-hydrogen) atoms. The van der Waals surface area contributed by atoms with Crippen molar-refractivity contribution in [1.82, 2.24) is 4.90 Å². The average Bonchev–Trinajstić information content (AvgIpc) is 2.73. The fourth-order valence-corrected chi connectivity index (χ4v) is 2.80. The zero-order valence-corrected chi connectivity index (χ0v) is 12.6. The Morgan fingerprint density at radius 1 is 1.25 bits per heavy atom. The molecule has 0 aromatic heterocycles. The standard InChI is InChI=1S/C17H25NO2/c1-14-8-7-11-16(12-14)20-13-17(19)18(2)15-9-5-3-4-6-10-15/h7-8,11-12,15H,3-6,9-10,13H2,1-2H3. The Balaban J connectivity index is 1.84. The van der Waals surface area contributed by atoms with Gasteiger partial charge >= 0.3 is 0 Å². The Morgan fingerprint density at radius 2 is 1.95 bits per heavy atom. The summed E-state index contributed by atoms with van der Waals surface area (Å²) < 4.78 is 5.60. The van der Waals surface area contributed by atoms with Crippen molar-refractivity contribution in [3.05, 3.63) is 29.8 Å². The zero-order valence-electron chi connectivity index (χ0n) is 12.6. The highest BCUT2D eigenvalue weighted by atomic mass is 16.5. The van der Waals surface area contributed by atoms with E-state index >= 15 is 0 Å². The van der Waals surface area contributed by atoms with E-state index in [1.54, 1.807) is 0 Å². The van der Waals surface area contributed by atoms with Crippen molar-refractivity contribution in [2.75, 3.05) is 13.7 Å². The fraction of sp³-hybridized carbons (Fsp3) is 0.588. The van der Waals surface area contributed by atoms with Gasteiger partial charge in [0.25, 0.3) is 5.91 Å². The van der Waals surface area contributed by atoms with Gasteiger partial charge in [0.15, 0.2) is 6.61 Å². The third-order valence-corrected chi connectivity index (χ3v) is 4.12. The van der Waals surface area contributed by atoms with Crippen LogP contribution in [-0.2, 0) is 4.79 Å². The van der Waals surface area contributed by atoms with Crippen LogP contribution < -0.4 is 4.74 Å². The third kappa shape index (κ3) is 4.26. The monoisotopic (exact) mass is 275 g/mol. The van der Waals surface area contributed by atoms with Crippen molar-refractivity contribution in [2.24, 2.45) is 0 Å². The molecule has 1 fully saturated rings. The lowest BCUT2D eigenvalue weighted by atomic mass is 10.1. The maximum Gasteiger partial charge on any atom is 0.260 e. The second kappa shape index (κ2) is 7.32. The molecule has 3 nitrogen and oxygen atoms in total. The molecule has 1 aromatic rings. The van der Waals surface area contributed by atoms with Gasteiger partial charge in [-0.15, -0.1) is 0 Å². The van der Waals surface area contributed by atoms with Crippen LogP contribution in [-0.4, -0.2) is 30.5 Å². The summed E-state index contributed by atoms with van der Waals surface area (Å²) in [7, 11) is 1.91. The molecular weight excluding hydrogens is 250 g/mol. The minimum Gasteiger partial charge on any atom is -0.484 e. The topological polar surface area (TPSA) is 29.5 Å². The van der Waals surface area contributed by atoms with E-state index in [0.29, 0.717) is 6.04 Å². The summed E-state index contributed by atoms with van der Waals surface area (Å²) in [5, 5.41) is 0. The molecule has 1 saturated carbocycles. The van der Waals surface area contributed by atoms with Gasteiger partial charge in [-0.05, 0) is 37.5 Å². The van der Waals surface area contributed by atoms with Gasteiger partial charge in [-0.2, -0.15) is 0 Å². The molecule has 0 radical (unpaired) electrons. The van der Waals surface area contributed by atoms with Crippen LogP contribution in [0.2, 0.25) is 0 Å². The summed E-state index contributed by atoms with van der Waals surface area (Å²) in [4.78, 5) is 14.1. The lowest BCUT2D eigenvalue weighted by molar-refractivity contribution is -0.134. The summed E-state index contributed by atoms with van der Waals surface area (Å²) in [5.74, 6) is 0.853. The fourth-order valence-electron chi connectivity index (χ4n) is 2.80. The molecule has 0 N–H and O–H groups in total. The van der Waals surface area contributed by atoms with Crippen LogP contribution in [0.5, 0.6) is 5.75 Å². The molecule has 0 spiro atoms. The van der Waals surface area contributed by atoms with E-state index < -0.39 is 0 Å². The van der Waals surface area contributed by atoms with Crippen LogP contribution in [0.25, 0.3) is 0 Å². The quantitative estimate of drug-likeness (QED) is 0.786.